The van der Waals surface area contributed by atoms with Gasteiger partial charge in [-0.25, -0.2) is 13.1 Å². The number of benzene rings is 1. The van der Waals surface area contributed by atoms with Crippen LogP contribution in [-0.4, -0.2) is 31.2 Å². The van der Waals surface area contributed by atoms with Crippen molar-refractivity contribution < 1.29 is 22.8 Å². The predicted molar refractivity (Wildman–Crippen MR) is 78.0 cm³/mol. The summed E-state index contributed by atoms with van der Waals surface area (Å²) in [6.45, 7) is 2.74. The Morgan fingerprint density at radius 1 is 1.32 bits per heavy atom. The van der Waals surface area contributed by atoms with E-state index in [2.05, 4.69) is 9.88 Å². The Bertz CT molecular complexity index is 748. The largest absolute Gasteiger partial charge is 0.481 e. The molecule has 0 aliphatic heterocycles. The minimum absolute atomic E-state index is 0.0512. The van der Waals surface area contributed by atoms with Crippen LogP contribution < -0.4 is 4.72 Å². The fraction of sp³-hybridized carbons (Fsp3) is 0.286. The third-order valence-electron chi connectivity index (χ3n) is 3.21. The fourth-order valence-corrected chi connectivity index (χ4v) is 3.53. The molecule has 1 unspecified atom stereocenters. The first-order chi connectivity index (χ1) is 10.3. The predicted octanol–water partition coefficient (Wildman–Crippen LogP) is 1.44. The molecule has 8 heteroatoms. The number of carbonyl (C=O) groups is 1. The Balaban J connectivity index is 2.22. The van der Waals surface area contributed by atoms with Gasteiger partial charge in [-0.1, -0.05) is 35.5 Å². The van der Waals surface area contributed by atoms with Crippen LogP contribution in [0.25, 0.3) is 0 Å². The lowest BCUT2D eigenvalue weighted by molar-refractivity contribution is -0.138. The summed E-state index contributed by atoms with van der Waals surface area (Å²) < 4.78 is 31.7. The van der Waals surface area contributed by atoms with Crippen LogP contribution in [0.15, 0.2) is 39.8 Å². The highest BCUT2D eigenvalue weighted by Crippen LogP contribution is 2.20. The molecule has 0 spiro atoms. The van der Waals surface area contributed by atoms with Crippen LogP contribution in [0.5, 0.6) is 0 Å². The molecule has 1 heterocycles. The molecule has 2 N–H and O–H groups in total. The molecule has 0 aliphatic rings. The first-order valence-electron chi connectivity index (χ1n) is 6.53. The molecule has 118 valence electrons. The third-order valence-corrected chi connectivity index (χ3v) is 4.88. The van der Waals surface area contributed by atoms with Gasteiger partial charge in [0.2, 0.25) is 10.0 Å². The zero-order chi connectivity index (χ0) is 16.3. The molecule has 1 aromatic carbocycles. The second kappa shape index (κ2) is 6.29. The zero-order valence-corrected chi connectivity index (χ0v) is 12.9. The number of rotatable bonds is 6. The number of hydrogen-bond donors (Lipinski definition) is 2. The average Bonchev–Trinajstić information content (AvgIpc) is 2.79. The van der Waals surface area contributed by atoms with Crippen molar-refractivity contribution in [3.63, 3.8) is 0 Å². The Morgan fingerprint density at radius 3 is 2.45 bits per heavy atom. The molecule has 0 saturated heterocycles. The van der Waals surface area contributed by atoms with Crippen molar-refractivity contribution in [2.45, 2.75) is 24.7 Å². The number of aromatic nitrogens is 1. The molecule has 0 amide bonds. The number of nitrogens with one attached hydrogen (secondary N) is 1. The molecule has 22 heavy (non-hydrogen) atoms. The molecule has 0 bridgehead atoms. The molecular formula is C14H16N2O5S. The zero-order valence-electron chi connectivity index (χ0n) is 12.1. The first-order valence-corrected chi connectivity index (χ1v) is 8.01. The van der Waals surface area contributed by atoms with Crippen molar-refractivity contribution in [1.82, 2.24) is 9.88 Å². The van der Waals surface area contributed by atoms with Gasteiger partial charge in [-0.3, -0.25) is 4.79 Å². The number of aryl methyl sites for hydroxylation is 2. The molecule has 0 radical (unpaired) electrons. The summed E-state index contributed by atoms with van der Waals surface area (Å²) in [5.74, 6) is -1.92. The smallest absolute Gasteiger partial charge is 0.312 e. The maximum absolute atomic E-state index is 12.3. The van der Waals surface area contributed by atoms with Crippen LogP contribution in [0.1, 0.15) is 22.9 Å². The number of aliphatic carboxylic acids is 1. The lowest BCUT2D eigenvalue weighted by Crippen LogP contribution is -2.32. The van der Waals surface area contributed by atoms with Gasteiger partial charge in [0.15, 0.2) is 5.76 Å². The number of sulfonamides is 1. The normalized spacial score (nSPS) is 13.0. The summed E-state index contributed by atoms with van der Waals surface area (Å²) in [6.07, 6.45) is 0. The molecule has 1 aromatic heterocycles. The van der Waals surface area contributed by atoms with E-state index in [4.69, 9.17) is 4.52 Å². The van der Waals surface area contributed by atoms with Crippen molar-refractivity contribution in [3.05, 3.63) is 47.3 Å². The maximum Gasteiger partial charge on any atom is 0.312 e. The van der Waals surface area contributed by atoms with Crippen LogP contribution in [0.3, 0.4) is 0 Å². The van der Waals surface area contributed by atoms with E-state index in [9.17, 15) is 18.3 Å². The summed E-state index contributed by atoms with van der Waals surface area (Å²) in [7, 11) is -3.88. The summed E-state index contributed by atoms with van der Waals surface area (Å²) in [6, 6.07) is 8.45. The van der Waals surface area contributed by atoms with E-state index in [1.165, 1.54) is 13.8 Å². The lowest BCUT2D eigenvalue weighted by atomic mass is 10.00. The van der Waals surface area contributed by atoms with Crippen LogP contribution in [0.2, 0.25) is 0 Å². The van der Waals surface area contributed by atoms with Crippen LogP contribution in [0.4, 0.5) is 0 Å². The molecule has 7 nitrogen and oxygen atoms in total. The molecule has 0 aliphatic carbocycles. The van der Waals surface area contributed by atoms with E-state index in [-0.39, 0.29) is 22.9 Å². The van der Waals surface area contributed by atoms with Crippen molar-refractivity contribution >= 4 is 16.0 Å². The summed E-state index contributed by atoms with van der Waals surface area (Å²) in [4.78, 5) is 11.3. The maximum atomic E-state index is 12.3. The second-order valence-electron chi connectivity index (χ2n) is 4.81. The summed E-state index contributed by atoms with van der Waals surface area (Å²) in [5.41, 5.74) is 0.757. The number of nitrogens with zero attached hydrogens (tertiary/aromatic N) is 1. The van der Waals surface area contributed by atoms with E-state index in [0.29, 0.717) is 5.56 Å². The van der Waals surface area contributed by atoms with Gasteiger partial charge in [0, 0.05) is 6.54 Å². The van der Waals surface area contributed by atoms with Crippen molar-refractivity contribution in [3.8, 4) is 0 Å². The van der Waals surface area contributed by atoms with Crippen LogP contribution in [-0.2, 0) is 14.8 Å². The highest BCUT2D eigenvalue weighted by molar-refractivity contribution is 7.89. The molecular weight excluding hydrogens is 308 g/mol. The minimum Gasteiger partial charge on any atom is -0.481 e. The second-order valence-corrected chi connectivity index (χ2v) is 6.51. The molecule has 2 aromatic rings. The topological polar surface area (TPSA) is 110 Å². The van der Waals surface area contributed by atoms with E-state index >= 15 is 0 Å². The number of carboxylic acid groups (broad SMARTS) is 1. The number of carboxylic acids is 1. The summed E-state index contributed by atoms with van der Waals surface area (Å²) >= 11 is 0. The van der Waals surface area contributed by atoms with E-state index in [1.54, 1.807) is 30.3 Å². The highest BCUT2D eigenvalue weighted by atomic mass is 32.2. The molecule has 1 atom stereocenters. The standard InChI is InChI=1S/C14H16N2O5S/c1-9-13(10(2)21-16-9)22(19,20)15-8-12(14(17)18)11-6-4-3-5-7-11/h3-7,12,15H,8H2,1-2H3,(H,17,18). The van der Waals surface area contributed by atoms with Crippen LogP contribution in [0, 0.1) is 13.8 Å². The molecule has 0 saturated carbocycles. The van der Waals surface area contributed by atoms with E-state index < -0.39 is 21.9 Å². The van der Waals surface area contributed by atoms with Gasteiger partial charge in [0.25, 0.3) is 0 Å². The van der Waals surface area contributed by atoms with Gasteiger partial charge in [0.05, 0.1) is 5.92 Å². The van der Waals surface area contributed by atoms with Gasteiger partial charge in [-0.05, 0) is 19.4 Å². The van der Waals surface area contributed by atoms with Gasteiger partial charge >= 0.3 is 5.97 Å². The number of hydrogen-bond acceptors (Lipinski definition) is 5. The van der Waals surface area contributed by atoms with E-state index in [1.807, 2.05) is 0 Å². The van der Waals surface area contributed by atoms with Crippen molar-refractivity contribution in [2.24, 2.45) is 0 Å². The first kappa shape index (κ1) is 16.2. The van der Waals surface area contributed by atoms with Gasteiger partial charge in [0.1, 0.15) is 10.6 Å². The van der Waals surface area contributed by atoms with Crippen molar-refractivity contribution in [1.29, 1.82) is 0 Å². The monoisotopic (exact) mass is 324 g/mol. The average molecular weight is 324 g/mol. The van der Waals surface area contributed by atoms with Crippen LogP contribution >= 0.6 is 0 Å². The van der Waals surface area contributed by atoms with Gasteiger partial charge in [-0.2, -0.15) is 0 Å². The lowest BCUT2D eigenvalue weighted by Gasteiger charge is -2.14. The molecule has 0 fully saturated rings. The van der Waals surface area contributed by atoms with Gasteiger partial charge in [-0.15, -0.1) is 0 Å². The minimum atomic E-state index is -3.88. The van der Waals surface area contributed by atoms with E-state index in [0.717, 1.165) is 0 Å². The Hall–Kier alpha value is -2.19. The third kappa shape index (κ3) is 3.34. The Kier molecular flexibility index (Phi) is 4.62. The SMILES string of the molecule is Cc1noc(C)c1S(=O)(=O)NCC(C(=O)O)c1ccccc1. The summed E-state index contributed by atoms with van der Waals surface area (Å²) in [5, 5.41) is 12.9. The Labute approximate surface area is 128 Å². The highest BCUT2D eigenvalue weighted by Gasteiger charge is 2.27. The molecule has 2 rings (SSSR count). The van der Waals surface area contributed by atoms with Gasteiger partial charge < -0.3 is 9.63 Å². The fourth-order valence-electron chi connectivity index (χ4n) is 2.16. The Morgan fingerprint density at radius 2 is 1.95 bits per heavy atom. The quantitative estimate of drug-likeness (QED) is 0.832. The van der Waals surface area contributed by atoms with Crippen molar-refractivity contribution in [2.75, 3.05) is 6.54 Å².